The third-order valence-electron chi connectivity index (χ3n) is 7.78. The molecule has 0 unspecified atom stereocenters. The quantitative estimate of drug-likeness (QED) is 0.605. The van der Waals surface area contributed by atoms with Crippen molar-refractivity contribution in [3.05, 3.63) is 22.7 Å². The predicted octanol–water partition coefficient (Wildman–Crippen LogP) is 5.20. The monoisotopic (exact) mass is 396 g/mol. The summed E-state index contributed by atoms with van der Waals surface area (Å²) < 4.78 is 0. The van der Waals surface area contributed by atoms with E-state index in [1.165, 1.54) is 32.1 Å². The Morgan fingerprint density at radius 2 is 2.08 bits per heavy atom. The number of aliphatic hydroxyl groups excluding tert-OH is 2. The van der Waals surface area contributed by atoms with Crippen molar-refractivity contribution in [2.24, 2.45) is 28.6 Å². The van der Waals surface area contributed by atoms with Crippen molar-refractivity contribution in [2.75, 3.05) is 6.61 Å². The topological polar surface area (TPSA) is 40.5 Å². The van der Waals surface area contributed by atoms with Crippen molar-refractivity contribution in [1.82, 2.24) is 0 Å². The first-order valence-electron chi connectivity index (χ1n) is 9.65. The highest BCUT2D eigenvalue weighted by molar-refractivity contribution is 9.11. The molecule has 3 aliphatic carbocycles. The molecule has 3 aliphatic rings. The standard InChI is InChI=1S/C21H33BrO2/c1-14(11-19(24)21(9-10-21)15(2)13-23)17-6-7-18-16(12-22)5-4-8-20(17,18)3/h12,14,17-19,23-24H,2,4-11,13H2,1,3H3/b16-12+/t14-,17-,18+,19-,20-/m1/s1. The van der Waals surface area contributed by atoms with Gasteiger partial charge in [0, 0.05) is 5.41 Å². The molecular weight excluding hydrogens is 364 g/mol. The fraction of sp³-hybridized carbons (Fsp3) is 0.810. The first-order valence-corrected chi connectivity index (χ1v) is 10.6. The predicted molar refractivity (Wildman–Crippen MR) is 103 cm³/mol. The zero-order valence-electron chi connectivity index (χ0n) is 15.2. The van der Waals surface area contributed by atoms with Crippen LogP contribution in [0.2, 0.25) is 0 Å². The number of rotatable bonds is 6. The molecule has 24 heavy (non-hydrogen) atoms. The van der Waals surface area contributed by atoms with Gasteiger partial charge in [-0.2, -0.15) is 0 Å². The Labute approximate surface area is 155 Å². The Bertz CT molecular complexity index is 522. The Morgan fingerprint density at radius 3 is 2.67 bits per heavy atom. The van der Waals surface area contributed by atoms with Crippen LogP contribution in [0.4, 0.5) is 0 Å². The average Bonchev–Trinajstić information content (AvgIpc) is 3.30. The molecule has 3 rings (SSSR count). The van der Waals surface area contributed by atoms with E-state index in [0.717, 1.165) is 30.8 Å². The molecule has 136 valence electrons. The molecule has 0 heterocycles. The zero-order valence-corrected chi connectivity index (χ0v) is 16.8. The van der Waals surface area contributed by atoms with Crippen LogP contribution >= 0.6 is 15.9 Å². The lowest BCUT2D eigenvalue weighted by Gasteiger charge is -2.45. The maximum absolute atomic E-state index is 10.9. The van der Waals surface area contributed by atoms with Gasteiger partial charge in [0.15, 0.2) is 0 Å². The maximum Gasteiger partial charge on any atom is 0.0645 e. The molecule has 0 bridgehead atoms. The van der Waals surface area contributed by atoms with Gasteiger partial charge in [-0.3, -0.25) is 0 Å². The van der Waals surface area contributed by atoms with Gasteiger partial charge in [0.25, 0.3) is 0 Å². The molecule has 0 radical (unpaired) electrons. The van der Waals surface area contributed by atoms with Crippen LogP contribution in [0.15, 0.2) is 22.7 Å². The summed E-state index contributed by atoms with van der Waals surface area (Å²) in [6, 6.07) is 0. The third kappa shape index (κ3) is 2.95. The first-order chi connectivity index (χ1) is 11.4. The molecule has 0 aromatic heterocycles. The van der Waals surface area contributed by atoms with Crippen LogP contribution in [0.5, 0.6) is 0 Å². The van der Waals surface area contributed by atoms with E-state index >= 15 is 0 Å². The summed E-state index contributed by atoms with van der Waals surface area (Å²) in [5.74, 6) is 1.93. The van der Waals surface area contributed by atoms with Gasteiger partial charge in [0.05, 0.1) is 12.7 Å². The van der Waals surface area contributed by atoms with E-state index in [1.54, 1.807) is 5.57 Å². The van der Waals surface area contributed by atoms with Gasteiger partial charge >= 0.3 is 0 Å². The maximum atomic E-state index is 10.9. The molecule has 0 spiro atoms. The van der Waals surface area contributed by atoms with Crippen molar-refractivity contribution in [3.63, 3.8) is 0 Å². The normalized spacial score (nSPS) is 38.6. The van der Waals surface area contributed by atoms with Crippen LogP contribution in [0.3, 0.4) is 0 Å². The second-order valence-electron chi connectivity index (χ2n) is 8.93. The molecule has 2 nitrogen and oxygen atoms in total. The van der Waals surface area contributed by atoms with Crippen molar-refractivity contribution >= 4 is 15.9 Å². The molecule has 0 saturated heterocycles. The zero-order chi connectivity index (χ0) is 17.5. The Hall–Kier alpha value is -0.120. The number of hydrogen-bond acceptors (Lipinski definition) is 2. The SMILES string of the molecule is C=C(CO)C1([C@H](O)C[C@@H](C)[C@H]2CC[C@H]3/C(=C/Br)CCC[C@]23C)CC1. The first kappa shape index (κ1) is 18.7. The second kappa shape index (κ2) is 6.89. The van der Waals surface area contributed by atoms with Crippen LogP contribution in [0.25, 0.3) is 0 Å². The summed E-state index contributed by atoms with van der Waals surface area (Å²) in [5.41, 5.74) is 2.64. The molecule has 3 heteroatoms. The van der Waals surface area contributed by atoms with E-state index in [9.17, 15) is 10.2 Å². The molecule has 3 fully saturated rings. The average molecular weight is 397 g/mol. The molecule has 3 saturated carbocycles. The van der Waals surface area contributed by atoms with E-state index < -0.39 is 0 Å². The number of fused-ring (bicyclic) bond motifs is 1. The van der Waals surface area contributed by atoms with Crippen LogP contribution in [0.1, 0.15) is 65.2 Å². The lowest BCUT2D eigenvalue weighted by molar-refractivity contribution is 0.0388. The van der Waals surface area contributed by atoms with E-state index in [4.69, 9.17) is 0 Å². The summed E-state index contributed by atoms with van der Waals surface area (Å²) in [7, 11) is 0. The molecule has 5 atom stereocenters. The minimum atomic E-state index is -0.343. The Balaban J connectivity index is 1.70. The van der Waals surface area contributed by atoms with Gasteiger partial charge in [-0.05, 0) is 85.1 Å². The summed E-state index contributed by atoms with van der Waals surface area (Å²) in [5, 5.41) is 20.3. The van der Waals surface area contributed by atoms with Gasteiger partial charge in [-0.1, -0.05) is 41.9 Å². The molecule has 0 amide bonds. The van der Waals surface area contributed by atoms with Crippen molar-refractivity contribution < 1.29 is 10.2 Å². The van der Waals surface area contributed by atoms with E-state index in [2.05, 4.69) is 41.3 Å². The van der Waals surface area contributed by atoms with E-state index in [0.29, 0.717) is 17.3 Å². The fourth-order valence-corrected chi connectivity index (χ4v) is 6.65. The second-order valence-corrected chi connectivity index (χ2v) is 9.38. The lowest BCUT2D eigenvalue weighted by Crippen LogP contribution is -2.37. The molecule has 0 aromatic carbocycles. The van der Waals surface area contributed by atoms with Crippen LogP contribution in [0, 0.1) is 28.6 Å². The van der Waals surface area contributed by atoms with Gasteiger partial charge in [-0.15, -0.1) is 0 Å². The summed E-state index contributed by atoms with van der Waals surface area (Å²) in [6.45, 7) is 8.85. The fourth-order valence-electron chi connectivity index (χ4n) is 6.10. The summed E-state index contributed by atoms with van der Waals surface area (Å²) in [6.07, 6.45) is 8.92. The number of hydrogen-bond donors (Lipinski definition) is 2. The highest BCUT2D eigenvalue weighted by atomic mass is 79.9. The van der Waals surface area contributed by atoms with Gasteiger partial charge in [0.2, 0.25) is 0 Å². The van der Waals surface area contributed by atoms with Crippen LogP contribution in [-0.2, 0) is 0 Å². The molecule has 2 N–H and O–H groups in total. The molecule has 0 aliphatic heterocycles. The number of allylic oxidation sites excluding steroid dienone is 1. The smallest absolute Gasteiger partial charge is 0.0645 e. The Kier molecular flexibility index (Phi) is 5.36. The third-order valence-corrected chi connectivity index (χ3v) is 8.37. The highest BCUT2D eigenvalue weighted by Crippen LogP contribution is 2.61. The Morgan fingerprint density at radius 1 is 1.38 bits per heavy atom. The lowest BCUT2D eigenvalue weighted by atomic mass is 9.60. The van der Waals surface area contributed by atoms with Crippen molar-refractivity contribution in [1.29, 1.82) is 0 Å². The highest BCUT2D eigenvalue weighted by Gasteiger charge is 2.54. The largest absolute Gasteiger partial charge is 0.392 e. The van der Waals surface area contributed by atoms with Gasteiger partial charge in [0.1, 0.15) is 0 Å². The number of aliphatic hydroxyl groups is 2. The summed E-state index contributed by atoms with van der Waals surface area (Å²) >= 11 is 3.59. The van der Waals surface area contributed by atoms with Crippen molar-refractivity contribution in [3.8, 4) is 0 Å². The molecule has 0 aromatic rings. The minimum absolute atomic E-state index is 0.00800. The summed E-state index contributed by atoms with van der Waals surface area (Å²) in [4.78, 5) is 2.18. The van der Waals surface area contributed by atoms with E-state index in [-0.39, 0.29) is 18.1 Å². The van der Waals surface area contributed by atoms with E-state index in [1.807, 2.05) is 0 Å². The molecular formula is C21H33BrO2. The van der Waals surface area contributed by atoms with Crippen LogP contribution in [-0.4, -0.2) is 22.9 Å². The van der Waals surface area contributed by atoms with Gasteiger partial charge < -0.3 is 10.2 Å². The van der Waals surface area contributed by atoms with Gasteiger partial charge in [-0.25, -0.2) is 0 Å². The minimum Gasteiger partial charge on any atom is -0.392 e. The number of halogens is 1. The van der Waals surface area contributed by atoms with Crippen LogP contribution < -0.4 is 0 Å². The van der Waals surface area contributed by atoms with Crippen molar-refractivity contribution in [2.45, 2.75) is 71.3 Å².